The van der Waals surface area contributed by atoms with Crippen LogP contribution in [-0.2, 0) is 0 Å². The van der Waals surface area contributed by atoms with Crippen molar-refractivity contribution in [1.82, 2.24) is 24.8 Å². The number of nitrogens with one attached hydrogen (secondary N) is 1. The summed E-state index contributed by atoms with van der Waals surface area (Å²) >= 11 is 0. The van der Waals surface area contributed by atoms with Crippen molar-refractivity contribution in [3.63, 3.8) is 0 Å². The fraction of sp³-hybridized carbons (Fsp3) is 0.261. The molecule has 3 heterocycles. The number of carbonyl (C=O) groups excluding carboxylic acids is 1. The zero-order valence-electron chi connectivity index (χ0n) is 19.0. The van der Waals surface area contributed by atoms with E-state index in [-0.39, 0.29) is 35.1 Å². The highest BCUT2D eigenvalue weighted by Gasteiger charge is 2.21. The molecule has 1 aromatic carbocycles. The smallest absolute Gasteiger partial charge is 0.407 e. The van der Waals surface area contributed by atoms with Crippen molar-refractivity contribution < 1.29 is 28.2 Å². The maximum atomic E-state index is 14.9. The lowest BCUT2D eigenvalue weighted by Gasteiger charge is -2.32. The zero-order chi connectivity index (χ0) is 25.7. The highest BCUT2D eigenvalue weighted by atomic mass is 19.1. The number of aromatic nitrogens is 3. The average Bonchev–Trinajstić information content (AvgIpc) is 2.87. The summed E-state index contributed by atoms with van der Waals surface area (Å²) in [5, 5.41) is 11.6. The van der Waals surface area contributed by atoms with Crippen molar-refractivity contribution in [2.75, 3.05) is 50.4 Å². The molecule has 1 fully saturated rings. The number of nitrogens with two attached hydrogens (primary N) is 1. The number of amides is 2. The third kappa shape index (κ3) is 5.81. The normalized spacial score (nSPS) is 13.9. The standard InChI is InChI=1S/C23H23F2N7O4/c24-16-11-19(36-9-8-31-4-6-32(7-5-31)23(34)35)17(25)10-15(16)18-13-28-21(26)20(30-18)22(33)29-14-2-1-3-27-12-14/h1-3,10-13H,4-9H2,(H2,26,28)(H,29,33)(H,34,35). The number of rotatable bonds is 7. The van der Waals surface area contributed by atoms with Gasteiger partial charge in [-0.3, -0.25) is 14.7 Å². The van der Waals surface area contributed by atoms with Crippen molar-refractivity contribution in [2.45, 2.75) is 0 Å². The van der Waals surface area contributed by atoms with Crippen molar-refractivity contribution >= 4 is 23.5 Å². The molecule has 1 aliphatic rings. The van der Waals surface area contributed by atoms with Crippen LogP contribution in [0.25, 0.3) is 11.3 Å². The van der Waals surface area contributed by atoms with Crippen molar-refractivity contribution in [1.29, 1.82) is 0 Å². The SMILES string of the molecule is Nc1ncc(-c2cc(F)c(OCCN3CCN(C(=O)O)CC3)cc2F)nc1C(=O)Nc1cccnc1. The molecule has 0 radical (unpaired) electrons. The Kier molecular flexibility index (Phi) is 7.49. The van der Waals surface area contributed by atoms with E-state index in [1.807, 2.05) is 4.90 Å². The summed E-state index contributed by atoms with van der Waals surface area (Å²) < 4.78 is 35.0. The van der Waals surface area contributed by atoms with Gasteiger partial charge in [-0.2, -0.15) is 0 Å². The fourth-order valence-corrected chi connectivity index (χ4v) is 3.61. The van der Waals surface area contributed by atoms with E-state index in [0.717, 1.165) is 18.3 Å². The summed E-state index contributed by atoms with van der Waals surface area (Å²) in [7, 11) is 0. The molecule has 1 aliphatic heterocycles. The molecule has 1 saturated heterocycles. The minimum absolute atomic E-state index is 0.0835. The Hall–Kier alpha value is -4.39. The predicted molar refractivity (Wildman–Crippen MR) is 126 cm³/mol. The highest BCUT2D eigenvalue weighted by molar-refractivity contribution is 6.05. The van der Waals surface area contributed by atoms with Crippen LogP contribution >= 0.6 is 0 Å². The fourth-order valence-electron chi connectivity index (χ4n) is 3.61. The molecule has 11 nitrogen and oxygen atoms in total. The van der Waals surface area contributed by atoms with Crippen LogP contribution < -0.4 is 15.8 Å². The summed E-state index contributed by atoms with van der Waals surface area (Å²) in [6.07, 6.45) is 3.15. The van der Waals surface area contributed by atoms with Crippen LogP contribution in [0.5, 0.6) is 5.75 Å². The maximum absolute atomic E-state index is 14.9. The first-order valence-electron chi connectivity index (χ1n) is 11.0. The van der Waals surface area contributed by atoms with E-state index in [1.165, 1.54) is 17.3 Å². The maximum Gasteiger partial charge on any atom is 0.407 e. The van der Waals surface area contributed by atoms with E-state index in [9.17, 15) is 18.4 Å². The third-order valence-corrected chi connectivity index (χ3v) is 5.54. The summed E-state index contributed by atoms with van der Waals surface area (Å²) in [5.41, 5.74) is 5.63. The topological polar surface area (TPSA) is 147 Å². The van der Waals surface area contributed by atoms with Gasteiger partial charge in [-0.25, -0.2) is 23.5 Å². The van der Waals surface area contributed by atoms with Crippen LogP contribution in [0.4, 0.5) is 25.1 Å². The molecular formula is C23H23F2N7O4. The van der Waals surface area contributed by atoms with Gasteiger partial charge in [0.05, 0.1) is 23.8 Å². The number of piperazine rings is 1. The van der Waals surface area contributed by atoms with E-state index in [1.54, 1.807) is 12.1 Å². The van der Waals surface area contributed by atoms with E-state index in [4.69, 9.17) is 15.6 Å². The van der Waals surface area contributed by atoms with Gasteiger partial charge in [-0.05, 0) is 18.2 Å². The predicted octanol–water partition coefficient (Wildman–Crippen LogP) is 2.33. The van der Waals surface area contributed by atoms with E-state index >= 15 is 0 Å². The van der Waals surface area contributed by atoms with E-state index in [0.29, 0.717) is 38.4 Å². The van der Waals surface area contributed by atoms with E-state index < -0.39 is 23.6 Å². The zero-order valence-corrected chi connectivity index (χ0v) is 19.0. The van der Waals surface area contributed by atoms with Crippen LogP contribution in [0.15, 0.2) is 42.9 Å². The Balaban J connectivity index is 1.42. The highest BCUT2D eigenvalue weighted by Crippen LogP contribution is 2.28. The van der Waals surface area contributed by atoms with Crippen LogP contribution in [0.3, 0.4) is 0 Å². The second-order valence-corrected chi connectivity index (χ2v) is 7.91. The third-order valence-electron chi connectivity index (χ3n) is 5.54. The number of benzene rings is 1. The lowest BCUT2D eigenvalue weighted by Crippen LogP contribution is -2.49. The molecule has 2 aromatic heterocycles. The van der Waals surface area contributed by atoms with Gasteiger partial charge in [-0.15, -0.1) is 0 Å². The number of carboxylic acid groups (broad SMARTS) is 1. The van der Waals surface area contributed by atoms with Crippen LogP contribution in [0.2, 0.25) is 0 Å². The lowest BCUT2D eigenvalue weighted by molar-refractivity contribution is 0.0979. The van der Waals surface area contributed by atoms with Gasteiger partial charge in [0.2, 0.25) is 0 Å². The first kappa shape index (κ1) is 24.7. The minimum atomic E-state index is -0.962. The van der Waals surface area contributed by atoms with Crippen LogP contribution in [0.1, 0.15) is 10.5 Å². The van der Waals surface area contributed by atoms with Gasteiger partial charge in [0, 0.05) is 50.6 Å². The van der Waals surface area contributed by atoms with Crippen molar-refractivity contribution in [3.05, 3.63) is 60.2 Å². The number of hydrogen-bond donors (Lipinski definition) is 3. The van der Waals surface area contributed by atoms with Gasteiger partial charge < -0.3 is 25.8 Å². The molecule has 0 aliphatic carbocycles. The Labute approximate surface area is 204 Å². The number of nitrogen functional groups attached to an aromatic ring is 1. The Morgan fingerprint density at radius 3 is 2.61 bits per heavy atom. The molecule has 0 bridgehead atoms. The molecule has 4 rings (SSSR count). The summed E-state index contributed by atoms with van der Waals surface area (Å²) in [4.78, 5) is 38.7. The quantitative estimate of drug-likeness (QED) is 0.446. The number of pyridine rings is 1. The van der Waals surface area contributed by atoms with Crippen molar-refractivity contribution in [2.24, 2.45) is 0 Å². The Morgan fingerprint density at radius 1 is 1.14 bits per heavy atom. The van der Waals surface area contributed by atoms with Gasteiger partial charge in [0.15, 0.2) is 23.1 Å². The number of anilines is 2. The summed E-state index contributed by atoms with van der Waals surface area (Å²) in [6.45, 7) is 2.31. The minimum Gasteiger partial charge on any atom is -0.489 e. The summed E-state index contributed by atoms with van der Waals surface area (Å²) in [5.74, 6) is -2.77. The molecule has 13 heteroatoms. The van der Waals surface area contributed by atoms with Gasteiger partial charge >= 0.3 is 6.09 Å². The van der Waals surface area contributed by atoms with Crippen LogP contribution in [0, 0.1) is 11.6 Å². The molecule has 4 N–H and O–H groups in total. The van der Waals surface area contributed by atoms with Crippen molar-refractivity contribution in [3.8, 4) is 17.0 Å². The lowest BCUT2D eigenvalue weighted by atomic mass is 10.1. The molecule has 0 saturated carbocycles. The second kappa shape index (κ2) is 10.9. The van der Waals surface area contributed by atoms with Gasteiger partial charge in [0.1, 0.15) is 12.4 Å². The molecular weight excluding hydrogens is 476 g/mol. The van der Waals surface area contributed by atoms with Gasteiger partial charge in [-0.1, -0.05) is 0 Å². The largest absolute Gasteiger partial charge is 0.489 e. The first-order valence-corrected chi connectivity index (χ1v) is 11.0. The average molecular weight is 499 g/mol. The molecule has 36 heavy (non-hydrogen) atoms. The molecule has 0 unspecified atom stereocenters. The molecule has 3 aromatic rings. The summed E-state index contributed by atoms with van der Waals surface area (Å²) in [6, 6.07) is 5.06. The van der Waals surface area contributed by atoms with Gasteiger partial charge in [0.25, 0.3) is 5.91 Å². The molecule has 2 amide bonds. The number of ether oxygens (including phenoxy) is 1. The Morgan fingerprint density at radius 2 is 1.92 bits per heavy atom. The second-order valence-electron chi connectivity index (χ2n) is 7.91. The van der Waals surface area contributed by atoms with Crippen LogP contribution in [-0.4, -0.2) is 81.2 Å². The Bertz CT molecular complexity index is 1250. The molecule has 188 valence electrons. The number of hydrogen-bond acceptors (Lipinski definition) is 8. The first-order chi connectivity index (χ1) is 17.3. The molecule has 0 spiro atoms. The number of nitrogens with zero attached hydrogens (tertiary/aromatic N) is 5. The monoisotopic (exact) mass is 499 g/mol. The number of halogens is 2. The molecule has 0 atom stereocenters. The number of carbonyl (C=O) groups is 2. The van der Waals surface area contributed by atoms with E-state index in [2.05, 4.69) is 20.3 Å².